The maximum Gasteiger partial charge on any atom is 0.269 e. The van der Waals surface area contributed by atoms with E-state index in [0.29, 0.717) is 12.1 Å². The van der Waals surface area contributed by atoms with Crippen molar-refractivity contribution in [1.82, 2.24) is 15.4 Å². The molecule has 0 atom stereocenters. The van der Waals surface area contributed by atoms with Crippen LogP contribution < -0.4 is 11.2 Å². The average molecular weight is 266 g/mol. The summed E-state index contributed by atoms with van der Waals surface area (Å²) >= 11 is 4.91. The highest BCUT2D eigenvalue weighted by molar-refractivity contribution is 7.80. The zero-order chi connectivity index (χ0) is 13.4. The van der Waals surface area contributed by atoms with Crippen molar-refractivity contribution < 1.29 is 4.79 Å². The molecule has 98 valence electrons. The predicted octanol–water partition coefficient (Wildman–Crippen LogP) is 1.46. The number of unbranched alkanes of at least 4 members (excludes halogenated alkanes) is 2. The summed E-state index contributed by atoms with van der Waals surface area (Å²) in [5.41, 5.74) is 8.80. The normalized spacial score (nSPS) is 9.83. The third kappa shape index (κ3) is 4.67. The van der Waals surface area contributed by atoms with Crippen LogP contribution in [-0.4, -0.2) is 27.6 Å². The first kappa shape index (κ1) is 14.4. The molecule has 5 nitrogen and oxygen atoms in total. The lowest BCUT2D eigenvalue weighted by Crippen LogP contribution is -2.49. The van der Waals surface area contributed by atoms with E-state index in [1.54, 1.807) is 24.5 Å². The van der Waals surface area contributed by atoms with Crippen LogP contribution >= 0.6 is 12.2 Å². The van der Waals surface area contributed by atoms with Gasteiger partial charge in [-0.15, -0.1) is 0 Å². The topological polar surface area (TPSA) is 71.2 Å². The summed E-state index contributed by atoms with van der Waals surface area (Å²) in [4.78, 5) is 15.8. The number of hydrazine groups is 1. The number of rotatable bonds is 5. The second kappa shape index (κ2) is 7.60. The maximum absolute atomic E-state index is 11.9. The zero-order valence-corrected chi connectivity index (χ0v) is 11.2. The number of carbonyl (C=O) groups is 1. The highest BCUT2D eigenvalue weighted by Gasteiger charge is 2.11. The van der Waals surface area contributed by atoms with Gasteiger partial charge in [0.25, 0.3) is 5.91 Å². The summed E-state index contributed by atoms with van der Waals surface area (Å²) in [7, 11) is 0. The molecule has 0 spiro atoms. The number of nitrogens with two attached hydrogens (primary N) is 1. The smallest absolute Gasteiger partial charge is 0.269 e. The highest BCUT2D eigenvalue weighted by atomic mass is 32.1. The molecule has 6 heteroatoms. The van der Waals surface area contributed by atoms with Gasteiger partial charge in [-0.3, -0.25) is 20.2 Å². The number of nitrogens with one attached hydrogen (secondary N) is 1. The minimum absolute atomic E-state index is 0.175. The molecule has 18 heavy (non-hydrogen) atoms. The van der Waals surface area contributed by atoms with Gasteiger partial charge >= 0.3 is 0 Å². The van der Waals surface area contributed by atoms with E-state index in [9.17, 15) is 4.79 Å². The van der Waals surface area contributed by atoms with Crippen LogP contribution in [0.5, 0.6) is 0 Å². The largest absolute Gasteiger partial charge is 0.375 e. The standard InChI is InChI=1S/C12H18N4OS/c1-2-3-4-9-16(12(13)18)15-11(17)10-5-7-14-8-6-10/h5-8H,2-4,9H2,1H3,(H2,13,18)(H,15,17). The van der Waals surface area contributed by atoms with Crippen molar-refractivity contribution in [3.8, 4) is 0 Å². The van der Waals surface area contributed by atoms with Crippen molar-refractivity contribution in [3.63, 3.8) is 0 Å². The number of carbonyl (C=O) groups excluding carboxylic acids is 1. The number of pyridine rings is 1. The molecule has 0 aliphatic carbocycles. The molecule has 1 aromatic heterocycles. The van der Waals surface area contributed by atoms with Crippen LogP contribution in [0.3, 0.4) is 0 Å². The van der Waals surface area contributed by atoms with E-state index in [1.165, 1.54) is 5.01 Å². The molecular weight excluding hydrogens is 248 g/mol. The highest BCUT2D eigenvalue weighted by Crippen LogP contribution is 1.99. The van der Waals surface area contributed by atoms with Crippen LogP contribution in [0.1, 0.15) is 36.5 Å². The lowest BCUT2D eigenvalue weighted by Gasteiger charge is -2.23. The minimum atomic E-state index is -0.235. The molecule has 0 saturated carbocycles. The lowest BCUT2D eigenvalue weighted by atomic mass is 10.2. The Balaban J connectivity index is 2.55. The van der Waals surface area contributed by atoms with Crippen molar-refractivity contribution in [3.05, 3.63) is 30.1 Å². The summed E-state index contributed by atoms with van der Waals surface area (Å²) in [6.45, 7) is 2.74. The monoisotopic (exact) mass is 266 g/mol. The van der Waals surface area contributed by atoms with Crippen molar-refractivity contribution in [1.29, 1.82) is 0 Å². The van der Waals surface area contributed by atoms with E-state index in [1.807, 2.05) is 0 Å². The van der Waals surface area contributed by atoms with Crippen LogP contribution in [0.15, 0.2) is 24.5 Å². The van der Waals surface area contributed by atoms with E-state index in [2.05, 4.69) is 17.3 Å². The van der Waals surface area contributed by atoms with Crippen molar-refractivity contribution >= 4 is 23.2 Å². The molecule has 1 aromatic rings. The van der Waals surface area contributed by atoms with Crippen LogP contribution in [-0.2, 0) is 0 Å². The fourth-order valence-electron chi connectivity index (χ4n) is 1.43. The van der Waals surface area contributed by atoms with E-state index in [0.717, 1.165) is 19.3 Å². The summed E-state index contributed by atoms with van der Waals surface area (Å²) in [6, 6.07) is 3.28. The fourth-order valence-corrected chi connectivity index (χ4v) is 1.57. The Labute approximate surface area is 112 Å². The molecule has 0 aromatic carbocycles. The number of nitrogens with zero attached hydrogens (tertiary/aromatic N) is 2. The van der Waals surface area contributed by atoms with Gasteiger partial charge in [-0.2, -0.15) is 0 Å². The lowest BCUT2D eigenvalue weighted by molar-refractivity contribution is 0.0869. The van der Waals surface area contributed by atoms with E-state index in [4.69, 9.17) is 18.0 Å². The molecule has 0 unspecified atom stereocenters. The SMILES string of the molecule is CCCCCN(NC(=O)c1ccncc1)C(N)=S. The second-order valence-corrected chi connectivity index (χ2v) is 4.29. The maximum atomic E-state index is 11.9. The van der Waals surface area contributed by atoms with Crippen LogP contribution in [0, 0.1) is 0 Å². The molecule has 0 radical (unpaired) electrons. The van der Waals surface area contributed by atoms with Gasteiger partial charge in [0.15, 0.2) is 5.11 Å². The quantitative estimate of drug-likeness (QED) is 0.479. The van der Waals surface area contributed by atoms with Crippen LogP contribution in [0.25, 0.3) is 0 Å². The van der Waals surface area contributed by atoms with E-state index < -0.39 is 0 Å². The van der Waals surface area contributed by atoms with Gasteiger partial charge in [0.1, 0.15) is 0 Å². The molecule has 0 saturated heterocycles. The first-order chi connectivity index (χ1) is 8.65. The summed E-state index contributed by atoms with van der Waals surface area (Å²) in [5, 5.41) is 1.68. The van der Waals surface area contributed by atoms with Gasteiger partial charge in [-0.05, 0) is 30.8 Å². The predicted molar refractivity (Wildman–Crippen MR) is 74.7 cm³/mol. The first-order valence-corrected chi connectivity index (χ1v) is 6.34. The third-order valence-electron chi connectivity index (χ3n) is 2.43. The van der Waals surface area contributed by atoms with Gasteiger partial charge in [0.05, 0.1) is 0 Å². The Hall–Kier alpha value is -1.69. The molecule has 3 N–H and O–H groups in total. The summed E-state index contributed by atoms with van der Waals surface area (Å²) < 4.78 is 0. The summed E-state index contributed by atoms with van der Waals surface area (Å²) in [6.07, 6.45) is 6.24. The third-order valence-corrected chi connectivity index (χ3v) is 2.65. The van der Waals surface area contributed by atoms with Crippen LogP contribution in [0.4, 0.5) is 0 Å². The molecule has 1 heterocycles. The Morgan fingerprint density at radius 3 is 2.67 bits per heavy atom. The first-order valence-electron chi connectivity index (χ1n) is 5.93. The Bertz CT molecular complexity index is 396. The van der Waals surface area contributed by atoms with Crippen molar-refractivity contribution in [2.24, 2.45) is 5.73 Å². The second-order valence-electron chi connectivity index (χ2n) is 3.87. The number of thiocarbonyl (C=S) groups is 1. The molecule has 0 aliphatic rings. The Morgan fingerprint density at radius 2 is 2.11 bits per heavy atom. The Kier molecular flexibility index (Phi) is 6.07. The fraction of sp³-hybridized carbons (Fsp3) is 0.417. The van der Waals surface area contributed by atoms with Crippen molar-refractivity contribution in [2.75, 3.05) is 6.54 Å². The van der Waals surface area contributed by atoms with Gasteiger partial charge in [0.2, 0.25) is 0 Å². The van der Waals surface area contributed by atoms with E-state index in [-0.39, 0.29) is 11.0 Å². The van der Waals surface area contributed by atoms with Gasteiger partial charge in [-0.1, -0.05) is 19.8 Å². The van der Waals surface area contributed by atoms with Crippen molar-refractivity contribution in [2.45, 2.75) is 26.2 Å². The number of aromatic nitrogens is 1. The van der Waals surface area contributed by atoms with Gasteiger partial charge < -0.3 is 5.73 Å². The molecule has 1 rings (SSSR count). The average Bonchev–Trinajstić information content (AvgIpc) is 2.38. The molecule has 0 bridgehead atoms. The van der Waals surface area contributed by atoms with Gasteiger partial charge in [0, 0.05) is 24.5 Å². The number of hydrogen-bond donors (Lipinski definition) is 2. The number of hydrogen-bond acceptors (Lipinski definition) is 3. The molecule has 0 aliphatic heterocycles. The minimum Gasteiger partial charge on any atom is -0.375 e. The molecule has 0 fully saturated rings. The van der Waals surface area contributed by atoms with Gasteiger partial charge in [-0.25, -0.2) is 0 Å². The molecular formula is C12H18N4OS. The number of amides is 1. The molecule has 1 amide bonds. The zero-order valence-electron chi connectivity index (χ0n) is 10.4. The van der Waals surface area contributed by atoms with E-state index >= 15 is 0 Å². The Morgan fingerprint density at radius 1 is 1.44 bits per heavy atom. The van der Waals surface area contributed by atoms with Crippen LogP contribution in [0.2, 0.25) is 0 Å². The summed E-state index contributed by atoms with van der Waals surface area (Å²) in [5.74, 6) is -0.235.